The Morgan fingerprint density at radius 1 is 1.20 bits per heavy atom. The van der Waals surface area contributed by atoms with E-state index in [1.165, 1.54) is 12.1 Å². The lowest BCUT2D eigenvalue weighted by molar-refractivity contribution is 0.0993. The third-order valence-corrected chi connectivity index (χ3v) is 2.83. The monoisotopic (exact) mass is 273 g/mol. The van der Waals surface area contributed by atoms with Crippen LogP contribution in [0.4, 0.5) is 4.39 Å². The largest absolute Gasteiger partial charge is 0.486 e. The minimum absolute atomic E-state index is 0.148. The van der Waals surface area contributed by atoms with Crippen molar-refractivity contribution in [3.8, 4) is 5.75 Å². The molecule has 2 aromatic carbocycles. The van der Waals surface area contributed by atoms with Crippen LogP contribution >= 0.6 is 0 Å². The van der Waals surface area contributed by atoms with Crippen LogP contribution in [0.3, 0.4) is 0 Å². The average Bonchev–Trinajstić information content (AvgIpc) is 2.47. The van der Waals surface area contributed by atoms with Gasteiger partial charge in [-0.25, -0.2) is 4.39 Å². The smallest absolute Gasteiger partial charge is 0.176 e. The number of carbonyl (C=O) groups is 1. The van der Waals surface area contributed by atoms with Gasteiger partial charge in [0.1, 0.15) is 6.61 Å². The second-order valence-corrected chi connectivity index (χ2v) is 4.37. The van der Waals surface area contributed by atoms with Crippen LogP contribution in [0.15, 0.2) is 48.5 Å². The molecule has 104 valence electrons. The first-order valence-corrected chi connectivity index (χ1v) is 6.35. The molecule has 0 aliphatic carbocycles. The molecule has 0 heterocycles. The fraction of sp³-hybridized carbons (Fsp3) is 0.188. The van der Waals surface area contributed by atoms with Gasteiger partial charge in [0.05, 0.1) is 6.54 Å². The molecule has 0 saturated heterocycles. The normalized spacial score (nSPS) is 10.3. The molecule has 0 bridgehead atoms. The lowest BCUT2D eigenvalue weighted by Gasteiger charge is -2.08. The lowest BCUT2D eigenvalue weighted by atomic mass is 10.1. The number of benzene rings is 2. The highest BCUT2D eigenvalue weighted by atomic mass is 19.1. The Hall–Kier alpha value is -2.20. The average molecular weight is 273 g/mol. The molecule has 0 aliphatic heterocycles. The van der Waals surface area contributed by atoms with E-state index < -0.39 is 5.82 Å². The quantitative estimate of drug-likeness (QED) is 0.822. The van der Waals surface area contributed by atoms with Crippen molar-refractivity contribution >= 4 is 5.78 Å². The first-order chi connectivity index (χ1) is 9.70. The highest BCUT2D eigenvalue weighted by Crippen LogP contribution is 2.20. The van der Waals surface area contributed by atoms with Gasteiger partial charge in [0.15, 0.2) is 17.3 Å². The van der Waals surface area contributed by atoms with E-state index >= 15 is 0 Å². The van der Waals surface area contributed by atoms with Crippen LogP contribution in [0.5, 0.6) is 5.75 Å². The molecule has 0 aromatic heterocycles. The third-order valence-electron chi connectivity index (χ3n) is 2.83. The molecule has 3 nitrogen and oxygen atoms in total. The Kier molecular flexibility index (Phi) is 4.85. The molecule has 2 aromatic rings. The van der Waals surface area contributed by atoms with E-state index in [0.29, 0.717) is 12.2 Å². The van der Waals surface area contributed by atoms with Crippen molar-refractivity contribution in [2.24, 2.45) is 0 Å². The Morgan fingerprint density at radius 2 is 1.95 bits per heavy atom. The molecule has 0 spiro atoms. The number of likely N-dealkylation sites (N-methyl/N-ethyl adjacent to an activating group) is 1. The number of hydrogen-bond acceptors (Lipinski definition) is 3. The van der Waals surface area contributed by atoms with Gasteiger partial charge in [-0.2, -0.15) is 0 Å². The highest BCUT2D eigenvalue weighted by Gasteiger charge is 2.10. The van der Waals surface area contributed by atoms with Gasteiger partial charge >= 0.3 is 0 Å². The summed E-state index contributed by atoms with van der Waals surface area (Å²) >= 11 is 0. The standard InChI is InChI=1S/C16H16FNO2/c1-18-10-15(19)13-7-8-16(14(17)9-13)20-11-12-5-3-2-4-6-12/h2-9,18H,10-11H2,1H3. The maximum atomic E-state index is 13.9. The van der Waals surface area contributed by atoms with Crippen LogP contribution in [0.1, 0.15) is 15.9 Å². The van der Waals surface area contributed by atoms with Crippen molar-refractivity contribution in [3.63, 3.8) is 0 Å². The molecule has 0 amide bonds. The van der Waals surface area contributed by atoms with Gasteiger partial charge in [0.25, 0.3) is 0 Å². The number of ketones is 1. The molecule has 1 N–H and O–H groups in total. The second-order valence-electron chi connectivity index (χ2n) is 4.37. The van der Waals surface area contributed by atoms with E-state index in [4.69, 9.17) is 4.74 Å². The number of hydrogen-bond donors (Lipinski definition) is 1. The van der Waals surface area contributed by atoms with Gasteiger partial charge < -0.3 is 10.1 Å². The van der Waals surface area contributed by atoms with E-state index in [1.807, 2.05) is 30.3 Å². The molecular weight excluding hydrogens is 257 g/mol. The van der Waals surface area contributed by atoms with Crippen molar-refractivity contribution in [2.45, 2.75) is 6.61 Å². The number of nitrogens with one attached hydrogen (secondary N) is 1. The van der Waals surface area contributed by atoms with Crippen LogP contribution in [-0.4, -0.2) is 19.4 Å². The van der Waals surface area contributed by atoms with E-state index in [0.717, 1.165) is 5.56 Å². The van der Waals surface area contributed by atoms with E-state index in [-0.39, 0.29) is 18.1 Å². The minimum Gasteiger partial charge on any atom is -0.486 e. The first-order valence-electron chi connectivity index (χ1n) is 6.35. The molecule has 0 atom stereocenters. The van der Waals surface area contributed by atoms with Crippen LogP contribution in [-0.2, 0) is 6.61 Å². The van der Waals surface area contributed by atoms with Gasteiger partial charge in [0, 0.05) is 5.56 Å². The van der Waals surface area contributed by atoms with Gasteiger partial charge in [-0.15, -0.1) is 0 Å². The fourth-order valence-electron chi connectivity index (χ4n) is 1.79. The second kappa shape index (κ2) is 6.82. The molecule has 4 heteroatoms. The molecule has 0 radical (unpaired) electrons. The van der Waals surface area contributed by atoms with E-state index in [1.54, 1.807) is 13.1 Å². The zero-order valence-corrected chi connectivity index (χ0v) is 11.2. The van der Waals surface area contributed by atoms with Crippen molar-refractivity contribution < 1.29 is 13.9 Å². The maximum absolute atomic E-state index is 13.9. The fourth-order valence-corrected chi connectivity index (χ4v) is 1.79. The number of carbonyl (C=O) groups excluding carboxylic acids is 1. The summed E-state index contributed by atoms with van der Waals surface area (Å²) in [5.74, 6) is -0.529. The van der Waals surface area contributed by atoms with E-state index in [2.05, 4.69) is 5.32 Å². The summed E-state index contributed by atoms with van der Waals surface area (Å²) in [5, 5.41) is 2.74. The minimum atomic E-state index is -0.525. The first kappa shape index (κ1) is 14.2. The van der Waals surface area contributed by atoms with Crippen LogP contribution in [0, 0.1) is 5.82 Å². The van der Waals surface area contributed by atoms with Crippen LogP contribution < -0.4 is 10.1 Å². The molecule has 0 fully saturated rings. The van der Waals surface area contributed by atoms with Gasteiger partial charge in [-0.3, -0.25) is 4.79 Å². The van der Waals surface area contributed by atoms with Gasteiger partial charge in [-0.1, -0.05) is 30.3 Å². The maximum Gasteiger partial charge on any atom is 0.176 e. The topological polar surface area (TPSA) is 38.3 Å². The molecule has 0 unspecified atom stereocenters. The van der Waals surface area contributed by atoms with Gasteiger partial charge in [-0.05, 0) is 30.8 Å². The molecule has 0 saturated carbocycles. The highest BCUT2D eigenvalue weighted by molar-refractivity contribution is 5.97. The number of halogens is 1. The predicted octanol–water partition coefficient (Wildman–Crippen LogP) is 2.81. The molecule has 2 rings (SSSR count). The van der Waals surface area contributed by atoms with Crippen molar-refractivity contribution in [2.75, 3.05) is 13.6 Å². The summed E-state index contributed by atoms with van der Waals surface area (Å²) in [7, 11) is 1.67. The Bertz CT molecular complexity index is 584. The summed E-state index contributed by atoms with van der Waals surface area (Å²) in [6.07, 6.45) is 0. The van der Waals surface area contributed by atoms with Crippen LogP contribution in [0.25, 0.3) is 0 Å². The molecular formula is C16H16FNO2. The predicted molar refractivity (Wildman–Crippen MR) is 75.4 cm³/mol. The third kappa shape index (κ3) is 3.65. The Labute approximate surface area is 117 Å². The Balaban J connectivity index is 2.04. The number of Topliss-reactive ketones (excluding diaryl/α,β-unsaturated/α-hetero) is 1. The van der Waals surface area contributed by atoms with Gasteiger partial charge in [0.2, 0.25) is 0 Å². The summed E-state index contributed by atoms with van der Waals surface area (Å²) in [6.45, 7) is 0.477. The molecule has 20 heavy (non-hydrogen) atoms. The summed E-state index contributed by atoms with van der Waals surface area (Å²) < 4.78 is 19.3. The summed E-state index contributed by atoms with van der Waals surface area (Å²) in [5.41, 5.74) is 1.30. The lowest BCUT2D eigenvalue weighted by Crippen LogP contribution is -2.18. The zero-order chi connectivity index (χ0) is 14.4. The summed E-state index contributed by atoms with van der Waals surface area (Å²) in [4.78, 5) is 11.6. The van der Waals surface area contributed by atoms with Crippen molar-refractivity contribution in [1.29, 1.82) is 0 Å². The number of ether oxygens (including phenoxy) is 1. The van der Waals surface area contributed by atoms with Crippen molar-refractivity contribution in [1.82, 2.24) is 5.32 Å². The zero-order valence-electron chi connectivity index (χ0n) is 11.2. The molecule has 0 aliphatic rings. The van der Waals surface area contributed by atoms with Crippen LogP contribution in [0.2, 0.25) is 0 Å². The SMILES string of the molecule is CNCC(=O)c1ccc(OCc2ccccc2)c(F)c1. The van der Waals surface area contributed by atoms with Crippen molar-refractivity contribution in [3.05, 3.63) is 65.5 Å². The van der Waals surface area contributed by atoms with E-state index in [9.17, 15) is 9.18 Å². The summed E-state index contributed by atoms with van der Waals surface area (Å²) in [6, 6.07) is 13.8. The number of rotatable bonds is 6. The Morgan fingerprint density at radius 3 is 2.60 bits per heavy atom.